The van der Waals surface area contributed by atoms with Crippen LogP contribution in [0.25, 0.3) is 11.0 Å². The molecule has 3 aliphatic rings. The smallest absolute Gasteiger partial charge is 0.228 e. The second kappa shape index (κ2) is 5.59. The summed E-state index contributed by atoms with van der Waals surface area (Å²) >= 11 is 0. The number of hydrogen-bond acceptors (Lipinski definition) is 3. The number of benzene rings is 1. The molecule has 0 atom stereocenters. The Balaban J connectivity index is 1.63. The number of amides is 1. The van der Waals surface area contributed by atoms with E-state index in [1.807, 2.05) is 24.0 Å². The third-order valence-corrected chi connectivity index (χ3v) is 6.33. The van der Waals surface area contributed by atoms with Gasteiger partial charge in [-0.25, -0.2) is 4.98 Å². The summed E-state index contributed by atoms with van der Waals surface area (Å²) in [6.45, 7) is 10.7. The summed E-state index contributed by atoms with van der Waals surface area (Å²) in [6, 6.07) is 2.10. The van der Waals surface area contributed by atoms with Crippen molar-refractivity contribution in [2.24, 2.45) is 0 Å². The van der Waals surface area contributed by atoms with E-state index >= 15 is 0 Å². The number of carbonyl (C=O) groups excluding carboxylic acids is 1. The zero-order valence-corrected chi connectivity index (χ0v) is 15.7. The lowest BCUT2D eigenvalue weighted by molar-refractivity contribution is -0.122. The van der Waals surface area contributed by atoms with Crippen LogP contribution in [0.15, 0.2) is 42.5 Å². The SMILES string of the molecule is C=CC1=C(C=C)CC2(CCc3c(N4CCC4=O)cc4[nH]c(C)nc4c3N2)C1. The minimum absolute atomic E-state index is 0.0165. The quantitative estimate of drug-likeness (QED) is 0.808. The Morgan fingerprint density at radius 1 is 1.22 bits per heavy atom. The van der Waals surface area contributed by atoms with Crippen molar-refractivity contribution in [2.45, 2.75) is 44.6 Å². The topological polar surface area (TPSA) is 61.0 Å². The van der Waals surface area contributed by atoms with Crippen LogP contribution in [-0.2, 0) is 11.2 Å². The number of nitrogens with one attached hydrogen (secondary N) is 2. The van der Waals surface area contributed by atoms with Gasteiger partial charge >= 0.3 is 0 Å². The van der Waals surface area contributed by atoms with Crippen LogP contribution in [0.1, 0.15) is 37.1 Å². The first-order valence-electron chi connectivity index (χ1n) is 9.61. The van der Waals surface area contributed by atoms with Gasteiger partial charge in [-0.15, -0.1) is 0 Å². The van der Waals surface area contributed by atoms with Crippen molar-refractivity contribution in [3.63, 3.8) is 0 Å². The van der Waals surface area contributed by atoms with Crippen molar-refractivity contribution >= 4 is 28.3 Å². The van der Waals surface area contributed by atoms with Gasteiger partial charge in [-0.1, -0.05) is 25.3 Å². The van der Waals surface area contributed by atoms with E-state index in [1.165, 1.54) is 16.7 Å². The molecule has 2 N–H and O–H groups in total. The van der Waals surface area contributed by atoms with Crippen LogP contribution >= 0.6 is 0 Å². The first-order valence-corrected chi connectivity index (χ1v) is 9.61. The predicted octanol–water partition coefficient (Wildman–Crippen LogP) is 4.17. The zero-order valence-electron chi connectivity index (χ0n) is 15.7. The summed E-state index contributed by atoms with van der Waals surface area (Å²) in [5.74, 6) is 1.10. The number of nitrogens with zero attached hydrogens (tertiary/aromatic N) is 2. The lowest BCUT2D eigenvalue weighted by atomic mass is 9.82. The van der Waals surface area contributed by atoms with Crippen LogP contribution in [-0.4, -0.2) is 28.0 Å². The molecule has 0 radical (unpaired) electrons. The average molecular weight is 360 g/mol. The van der Waals surface area contributed by atoms with Crippen molar-refractivity contribution in [2.75, 3.05) is 16.8 Å². The number of anilines is 2. The molecule has 0 saturated carbocycles. The molecule has 1 saturated heterocycles. The summed E-state index contributed by atoms with van der Waals surface area (Å²) in [5.41, 5.74) is 7.87. The first kappa shape index (κ1) is 16.4. The fourth-order valence-corrected chi connectivity index (χ4v) is 4.88. The van der Waals surface area contributed by atoms with E-state index in [0.717, 1.165) is 60.5 Å². The van der Waals surface area contributed by atoms with Gasteiger partial charge in [0.1, 0.15) is 11.3 Å². The fraction of sp³-hybridized carbons (Fsp3) is 0.364. The van der Waals surface area contributed by atoms with Gasteiger partial charge in [-0.2, -0.15) is 0 Å². The monoisotopic (exact) mass is 360 g/mol. The van der Waals surface area contributed by atoms with E-state index in [2.05, 4.69) is 29.5 Å². The molecular weight excluding hydrogens is 336 g/mol. The number of aromatic nitrogens is 2. The van der Waals surface area contributed by atoms with E-state index in [-0.39, 0.29) is 11.4 Å². The van der Waals surface area contributed by atoms with E-state index in [0.29, 0.717) is 6.42 Å². The highest BCUT2D eigenvalue weighted by Gasteiger charge is 2.42. The van der Waals surface area contributed by atoms with Crippen LogP contribution in [0.2, 0.25) is 0 Å². The number of aromatic amines is 1. The van der Waals surface area contributed by atoms with Crippen LogP contribution in [0, 0.1) is 6.92 Å². The minimum atomic E-state index is -0.0165. The molecule has 1 aliphatic carbocycles. The molecule has 1 fully saturated rings. The number of β-lactam (4-membered cyclic amide) rings is 1. The van der Waals surface area contributed by atoms with Crippen LogP contribution in [0.5, 0.6) is 0 Å². The highest BCUT2D eigenvalue weighted by Crippen LogP contribution is 2.49. The minimum Gasteiger partial charge on any atom is -0.377 e. The van der Waals surface area contributed by atoms with Crippen molar-refractivity contribution in [1.29, 1.82) is 0 Å². The Kier molecular flexibility index (Phi) is 3.39. The summed E-state index contributed by atoms with van der Waals surface area (Å²) in [4.78, 5) is 22.1. The molecule has 5 nitrogen and oxygen atoms in total. The lowest BCUT2D eigenvalue weighted by Crippen LogP contribution is -2.45. The van der Waals surface area contributed by atoms with Crippen LogP contribution in [0.4, 0.5) is 11.4 Å². The molecule has 1 amide bonds. The van der Waals surface area contributed by atoms with Gasteiger partial charge in [0.15, 0.2) is 0 Å². The maximum Gasteiger partial charge on any atom is 0.228 e. The second-order valence-electron chi connectivity index (χ2n) is 7.98. The normalized spacial score (nSPS) is 20.6. The summed E-state index contributed by atoms with van der Waals surface area (Å²) in [5, 5.41) is 3.86. The number of hydrogen-bond donors (Lipinski definition) is 2. The van der Waals surface area contributed by atoms with Crippen molar-refractivity contribution in [3.05, 3.63) is 53.9 Å². The van der Waals surface area contributed by atoms with E-state index in [9.17, 15) is 4.79 Å². The molecule has 2 aromatic rings. The maximum absolute atomic E-state index is 12.1. The molecule has 5 rings (SSSR count). The number of carbonyl (C=O) groups is 1. The standard InChI is InChI=1S/C22H24N4O/c1-4-14-11-22(12-15(14)5-2)8-6-16-18(26-9-7-19(26)27)10-17-21(20(16)25-22)24-13(3)23-17/h4-5,10,25H,1-2,6-9,11-12H2,3H3,(H,23,24). The Bertz CT molecular complexity index is 1020. The molecule has 5 heteroatoms. The highest BCUT2D eigenvalue weighted by molar-refractivity contribution is 6.05. The van der Waals surface area contributed by atoms with Crippen LogP contribution < -0.4 is 10.2 Å². The first-order chi connectivity index (χ1) is 13.0. The van der Waals surface area contributed by atoms with Gasteiger partial charge in [0, 0.05) is 24.1 Å². The van der Waals surface area contributed by atoms with Crippen LogP contribution in [0.3, 0.4) is 0 Å². The van der Waals surface area contributed by atoms with Crippen molar-refractivity contribution < 1.29 is 4.79 Å². The molecule has 1 aromatic heterocycles. The van der Waals surface area contributed by atoms with E-state index in [1.54, 1.807) is 0 Å². The Morgan fingerprint density at radius 2 is 1.96 bits per heavy atom. The van der Waals surface area contributed by atoms with Crippen molar-refractivity contribution in [3.8, 4) is 0 Å². The molecular formula is C22H24N4O. The molecule has 3 heterocycles. The number of imidazole rings is 1. The third-order valence-electron chi connectivity index (χ3n) is 6.33. The second-order valence-corrected chi connectivity index (χ2v) is 7.98. The number of fused-ring (bicyclic) bond motifs is 3. The number of aryl methyl sites for hydroxylation is 1. The van der Waals surface area contributed by atoms with Gasteiger partial charge in [0.2, 0.25) is 5.91 Å². The van der Waals surface area contributed by atoms with E-state index in [4.69, 9.17) is 4.98 Å². The van der Waals surface area contributed by atoms with Crippen molar-refractivity contribution in [1.82, 2.24) is 9.97 Å². The molecule has 1 aromatic carbocycles. The molecule has 0 unspecified atom stereocenters. The molecule has 2 aliphatic heterocycles. The largest absolute Gasteiger partial charge is 0.377 e. The average Bonchev–Trinajstić information content (AvgIpc) is 3.20. The highest BCUT2D eigenvalue weighted by atomic mass is 16.2. The zero-order chi connectivity index (χ0) is 18.8. The Morgan fingerprint density at radius 3 is 2.56 bits per heavy atom. The number of H-pyrrole nitrogens is 1. The Labute approximate surface area is 158 Å². The number of allylic oxidation sites excluding steroid dienone is 2. The maximum atomic E-state index is 12.1. The molecule has 0 bridgehead atoms. The van der Waals surface area contributed by atoms with Gasteiger partial charge in [0.05, 0.1) is 16.9 Å². The van der Waals surface area contributed by atoms with Gasteiger partial charge in [-0.05, 0) is 49.8 Å². The molecule has 27 heavy (non-hydrogen) atoms. The molecule has 138 valence electrons. The predicted molar refractivity (Wildman–Crippen MR) is 109 cm³/mol. The third kappa shape index (κ3) is 2.30. The van der Waals surface area contributed by atoms with E-state index < -0.39 is 0 Å². The summed E-state index contributed by atoms with van der Waals surface area (Å²) in [6.07, 6.45) is 8.45. The lowest BCUT2D eigenvalue weighted by Gasteiger charge is -2.40. The number of rotatable bonds is 3. The summed E-state index contributed by atoms with van der Waals surface area (Å²) in [7, 11) is 0. The van der Waals surface area contributed by atoms with Gasteiger partial charge in [0.25, 0.3) is 0 Å². The van der Waals surface area contributed by atoms with Gasteiger partial charge < -0.3 is 15.2 Å². The Hall–Kier alpha value is -2.82. The summed E-state index contributed by atoms with van der Waals surface area (Å²) < 4.78 is 0. The van der Waals surface area contributed by atoms with Gasteiger partial charge in [-0.3, -0.25) is 4.79 Å². The fourth-order valence-electron chi connectivity index (χ4n) is 4.88. The molecule has 1 spiro atoms.